The van der Waals surface area contributed by atoms with E-state index in [4.69, 9.17) is 0 Å². The fraction of sp³-hybridized carbons (Fsp3) is 0.625. The van der Waals surface area contributed by atoms with Crippen LogP contribution in [0.25, 0.3) is 0 Å². The lowest BCUT2D eigenvalue weighted by molar-refractivity contribution is -0.00791. The Labute approximate surface area is 119 Å². The first-order valence-electron chi connectivity index (χ1n) is 7.31. The number of rotatable bonds is 4. The standard InChI is InChI=1S/C16H23F2NO/c1-11-6-8-16(20,9-7-11)10-19-12(2)13-4-3-5-14(17)15(13)18/h3-5,11-12,19-20H,6-10H2,1-2H3. The Balaban J connectivity index is 1.95. The van der Waals surface area contributed by atoms with Gasteiger partial charge in [0.25, 0.3) is 0 Å². The number of halogens is 2. The summed E-state index contributed by atoms with van der Waals surface area (Å²) < 4.78 is 26.9. The molecule has 1 fully saturated rings. The van der Waals surface area contributed by atoms with Crippen LogP contribution in [0.4, 0.5) is 8.78 Å². The van der Waals surface area contributed by atoms with Crippen molar-refractivity contribution in [1.29, 1.82) is 0 Å². The van der Waals surface area contributed by atoms with Crippen molar-refractivity contribution < 1.29 is 13.9 Å². The molecular weight excluding hydrogens is 260 g/mol. The zero-order valence-electron chi connectivity index (χ0n) is 12.1. The van der Waals surface area contributed by atoms with Crippen molar-refractivity contribution in [3.8, 4) is 0 Å². The van der Waals surface area contributed by atoms with Crippen molar-refractivity contribution in [1.82, 2.24) is 5.32 Å². The van der Waals surface area contributed by atoms with Gasteiger partial charge in [-0.1, -0.05) is 19.1 Å². The van der Waals surface area contributed by atoms with E-state index in [0.29, 0.717) is 18.0 Å². The molecule has 1 aliphatic rings. The molecule has 1 unspecified atom stereocenters. The molecule has 2 N–H and O–H groups in total. The van der Waals surface area contributed by atoms with Crippen LogP contribution in [-0.2, 0) is 0 Å². The van der Waals surface area contributed by atoms with Crippen LogP contribution >= 0.6 is 0 Å². The SMILES string of the molecule is CC1CCC(O)(CNC(C)c2cccc(F)c2F)CC1. The van der Waals surface area contributed by atoms with Crippen molar-refractivity contribution in [3.63, 3.8) is 0 Å². The quantitative estimate of drug-likeness (QED) is 0.885. The molecule has 112 valence electrons. The van der Waals surface area contributed by atoms with E-state index >= 15 is 0 Å². The molecule has 0 spiro atoms. The first kappa shape index (κ1) is 15.4. The maximum atomic E-state index is 13.7. The Bertz CT molecular complexity index is 456. The first-order chi connectivity index (χ1) is 9.41. The highest BCUT2D eigenvalue weighted by Gasteiger charge is 2.32. The summed E-state index contributed by atoms with van der Waals surface area (Å²) in [7, 11) is 0. The van der Waals surface area contributed by atoms with Crippen LogP contribution in [0, 0.1) is 17.6 Å². The monoisotopic (exact) mass is 283 g/mol. The number of aliphatic hydroxyl groups is 1. The van der Waals surface area contributed by atoms with Crippen LogP contribution in [-0.4, -0.2) is 17.3 Å². The molecule has 1 atom stereocenters. The van der Waals surface area contributed by atoms with Crippen molar-refractivity contribution in [2.24, 2.45) is 5.92 Å². The third-order valence-electron chi connectivity index (χ3n) is 4.39. The molecule has 1 aromatic rings. The van der Waals surface area contributed by atoms with Crippen LogP contribution < -0.4 is 5.32 Å². The molecule has 0 aliphatic heterocycles. The Morgan fingerprint density at radius 1 is 1.35 bits per heavy atom. The van der Waals surface area contributed by atoms with E-state index in [-0.39, 0.29) is 6.04 Å². The van der Waals surface area contributed by atoms with Crippen molar-refractivity contribution in [2.45, 2.75) is 51.2 Å². The number of nitrogens with one attached hydrogen (secondary N) is 1. The second kappa shape index (κ2) is 6.19. The molecular formula is C16H23F2NO. The highest BCUT2D eigenvalue weighted by molar-refractivity contribution is 5.22. The lowest BCUT2D eigenvalue weighted by atomic mass is 9.79. The van der Waals surface area contributed by atoms with Gasteiger partial charge >= 0.3 is 0 Å². The van der Waals surface area contributed by atoms with Crippen molar-refractivity contribution >= 4 is 0 Å². The van der Waals surface area contributed by atoms with E-state index < -0.39 is 17.2 Å². The summed E-state index contributed by atoms with van der Waals surface area (Å²) in [6.07, 6.45) is 3.56. The third-order valence-corrected chi connectivity index (χ3v) is 4.39. The van der Waals surface area contributed by atoms with Gasteiger partial charge in [0, 0.05) is 18.2 Å². The molecule has 0 radical (unpaired) electrons. The summed E-state index contributed by atoms with van der Waals surface area (Å²) in [6.45, 7) is 4.39. The van der Waals surface area contributed by atoms with Crippen LogP contribution in [0.3, 0.4) is 0 Å². The predicted octanol–water partition coefficient (Wildman–Crippen LogP) is 3.56. The molecule has 0 heterocycles. The van der Waals surface area contributed by atoms with Gasteiger partial charge in [0.15, 0.2) is 11.6 Å². The smallest absolute Gasteiger partial charge is 0.163 e. The predicted molar refractivity (Wildman–Crippen MR) is 75.4 cm³/mol. The minimum Gasteiger partial charge on any atom is -0.389 e. The van der Waals surface area contributed by atoms with Crippen molar-refractivity contribution in [3.05, 3.63) is 35.4 Å². The lowest BCUT2D eigenvalue weighted by Crippen LogP contribution is -2.44. The number of benzene rings is 1. The maximum absolute atomic E-state index is 13.7. The summed E-state index contributed by atoms with van der Waals surface area (Å²) in [5.41, 5.74) is -0.414. The summed E-state index contributed by atoms with van der Waals surface area (Å²) >= 11 is 0. The molecule has 0 amide bonds. The molecule has 0 saturated heterocycles. The Hall–Kier alpha value is -1.00. The summed E-state index contributed by atoms with van der Waals surface area (Å²) in [4.78, 5) is 0. The zero-order valence-corrected chi connectivity index (χ0v) is 12.1. The average molecular weight is 283 g/mol. The zero-order chi connectivity index (χ0) is 14.8. The van der Waals surface area contributed by atoms with Gasteiger partial charge in [-0.3, -0.25) is 0 Å². The van der Waals surface area contributed by atoms with E-state index in [1.165, 1.54) is 6.07 Å². The average Bonchev–Trinajstić information content (AvgIpc) is 2.43. The molecule has 0 aromatic heterocycles. The molecule has 4 heteroatoms. The molecule has 2 nitrogen and oxygen atoms in total. The minimum atomic E-state index is -0.832. The molecule has 20 heavy (non-hydrogen) atoms. The highest BCUT2D eigenvalue weighted by Crippen LogP contribution is 2.32. The van der Waals surface area contributed by atoms with Crippen LogP contribution in [0.1, 0.15) is 51.1 Å². The fourth-order valence-electron chi connectivity index (χ4n) is 2.78. The number of hydrogen-bond donors (Lipinski definition) is 2. The topological polar surface area (TPSA) is 32.3 Å². The minimum absolute atomic E-state index is 0.303. The second-order valence-electron chi connectivity index (χ2n) is 6.15. The Morgan fingerprint density at radius 3 is 2.65 bits per heavy atom. The van der Waals surface area contributed by atoms with Crippen LogP contribution in [0.15, 0.2) is 18.2 Å². The maximum Gasteiger partial charge on any atom is 0.163 e. The van der Waals surface area contributed by atoms with Gasteiger partial charge in [0.05, 0.1) is 5.60 Å². The summed E-state index contributed by atoms with van der Waals surface area (Å²) in [5, 5.41) is 13.6. The first-order valence-corrected chi connectivity index (χ1v) is 7.31. The molecule has 1 aliphatic carbocycles. The third kappa shape index (κ3) is 3.55. The Morgan fingerprint density at radius 2 is 2.00 bits per heavy atom. The molecule has 1 saturated carbocycles. The summed E-state index contributed by atoms with van der Waals surface area (Å²) in [5.74, 6) is -0.980. The van der Waals surface area contributed by atoms with Gasteiger partial charge in [-0.15, -0.1) is 0 Å². The normalized spacial score (nSPS) is 28.4. The van der Waals surface area contributed by atoms with Crippen LogP contribution in [0.2, 0.25) is 0 Å². The van der Waals surface area contributed by atoms with Crippen molar-refractivity contribution in [2.75, 3.05) is 6.54 Å². The van der Waals surface area contributed by atoms with Gasteiger partial charge < -0.3 is 10.4 Å². The van der Waals surface area contributed by atoms with E-state index in [1.807, 2.05) is 0 Å². The van der Waals surface area contributed by atoms with E-state index in [9.17, 15) is 13.9 Å². The van der Waals surface area contributed by atoms with Gasteiger partial charge in [-0.25, -0.2) is 8.78 Å². The molecule has 1 aromatic carbocycles. The van der Waals surface area contributed by atoms with Gasteiger partial charge in [-0.2, -0.15) is 0 Å². The molecule has 2 rings (SSSR count). The second-order valence-corrected chi connectivity index (χ2v) is 6.15. The highest BCUT2D eigenvalue weighted by atomic mass is 19.2. The van der Waals surface area contributed by atoms with E-state index in [0.717, 1.165) is 31.7 Å². The largest absolute Gasteiger partial charge is 0.389 e. The van der Waals surface area contributed by atoms with Gasteiger partial charge in [0.2, 0.25) is 0 Å². The number of hydrogen-bond acceptors (Lipinski definition) is 2. The summed E-state index contributed by atoms with van der Waals surface area (Å²) in [6, 6.07) is 3.86. The lowest BCUT2D eigenvalue weighted by Gasteiger charge is -2.36. The Kier molecular flexibility index (Phi) is 4.76. The van der Waals surface area contributed by atoms with E-state index in [2.05, 4.69) is 12.2 Å². The van der Waals surface area contributed by atoms with E-state index in [1.54, 1.807) is 13.0 Å². The van der Waals surface area contributed by atoms with Crippen LogP contribution in [0.5, 0.6) is 0 Å². The van der Waals surface area contributed by atoms with Gasteiger partial charge in [0.1, 0.15) is 0 Å². The van der Waals surface area contributed by atoms with Gasteiger partial charge in [-0.05, 0) is 44.6 Å². The fourth-order valence-corrected chi connectivity index (χ4v) is 2.78. The molecule has 0 bridgehead atoms.